The fourth-order valence-corrected chi connectivity index (χ4v) is 4.48. The fraction of sp³-hybridized carbons (Fsp3) is 0.238. The predicted octanol–water partition coefficient (Wildman–Crippen LogP) is 4.21. The van der Waals surface area contributed by atoms with Crippen molar-refractivity contribution >= 4 is 44.6 Å². The van der Waals surface area contributed by atoms with Gasteiger partial charge in [0, 0.05) is 34.4 Å². The molecule has 1 aliphatic heterocycles. The minimum atomic E-state index is -3.55. The molecule has 0 saturated heterocycles. The number of nitrogens with zero attached hydrogens (tertiary/aromatic N) is 3. The van der Waals surface area contributed by atoms with Crippen LogP contribution in [0.1, 0.15) is 19.4 Å². The third kappa shape index (κ3) is 3.86. The average molecular weight is 444 g/mol. The minimum Gasteiger partial charge on any atom is -0.340 e. The Morgan fingerprint density at radius 1 is 1.07 bits per heavy atom. The van der Waals surface area contributed by atoms with Crippen LogP contribution in [0.15, 0.2) is 59.8 Å². The molecule has 156 valence electrons. The summed E-state index contributed by atoms with van der Waals surface area (Å²) >= 11 is 5.95. The molecule has 0 saturated carbocycles. The lowest BCUT2D eigenvalue weighted by molar-refractivity contribution is 0.567. The molecule has 0 amide bonds. The zero-order valence-electron chi connectivity index (χ0n) is 16.8. The molecule has 0 atom stereocenters. The topological polar surface area (TPSA) is 87.2 Å². The highest BCUT2D eigenvalue weighted by atomic mass is 35.5. The van der Waals surface area contributed by atoms with E-state index in [9.17, 15) is 8.42 Å². The van der Waals surface area contributed by atoms with Crippen LogP contribution in [0.2, 0.25) is 5.02 Å². The number of anilines is 4. The van der Waals surface area contributed by atoms with E-state index in [4.69, 9.17) is 11.6 Å². The Bertz CT molecular complexity index is 1200. The smallest absolute Gasteiger partial charge is 0.240 e. The van der Waals surface area contributed by atoms with Crippen molar-refractivity contribution in [2.24, 2.45) is 0 Å². The van der Waals surface area contributed by atoms with Gasteiger partial charge in [-0.1, -0.05) is 31.5 Å². The quantitative estimate of drug-likeness (QED) is 0.614. The number of fused-ring (bicyclic) bond motifs is 1. The zero-order valence-corrected chi connectivity index (χ0v) is 18.4. The summed E-state index contributed by atoms with van der Waals surface area (Å²) in [4.78, 5) is 11.0. The summed E-state index contributed by atoms with van der Waals surface area (Å²) in [6.45, 7) is 4.93. The molecule has 4 rings (SSSR count). The van der Waals surface area contributed by atoms with Crippen molar-refractivity contribution in [1.82, 2.24) is 14.7 Å². The number of aromatic nitrogens is 2. The molecule has 2 heterocycles. The molecule has 7 nitrogen and oxygen atoms in total. The molecule has 0 spiro atoms. The van der Waals surface area contributed by atoms with Gasteiger partial charge in [-0.3, -0.25) is 0 Å². The summed E-state index contributed by atoms with van der Waals surface area (Å²) in [5, 5.41) is 3.90. The summed E-state index contributed by atoms with van der Waals surface area (Å²) < 4.78 is 27.0. The molecule has 30 heavy (non-hydrogen) atoms. The van der Waals surface area contributed by atoms with Crippen LogP contribution in [-0.4, -0.2) is 32.0 Å². The average Bonchev–Trinajstić information content (AvgIpc) is 3.00. The van der Waals surface area contributed by atoms with E-state index >= 15 is 0 Å². The minimum absolute atomic E-state index is 0.161. The second-order valence-electron chi connectivity index (χ2n) is 7.75. The van der Waals surface area contributed by atoms with Crippen LogP contribution in [-0.2, 0) is 15.4 Å². The normalized spacial score (nSPS) is 15.1. The van der Waals surface area contributed by atoms with Gasteiger partial charge in [0.2, 0.25) is 10.0 Å². The SMILES string of the molecule is CNS(=O)(=O)c1ccc2c(c1)N(c1cc(Nc3ccc(Cl)cc3)ncn1)CC2(C)C. The van der Waals surface area contributed by atoms with Crippen LogP contribution in [0.3, 0.4) is 0 Å². The Morgan fingerprint density at radius 3 is 2.50 bits per heavy atom. The standard InChI is InChI=1S/C21H22ClN5O2S/c1-21(2)12-27(18-10-16(8-9-17(18)21)30(28,29)23-3)20-11-19(24-13-25-20)26-15-6-4-14(22)5-7-15/h4-11,13,23H,12H2,1-3H3,(H,24,25,26). The molecule has 0 fully saturated rings. The first-order valence-electron chi connectivity index (χ1n) is 9.40. The number of halogens is 1. The molecule has 0 aliphatic carbocycles. The van der Waals surface area contributed by atoms with E-state index in [0.717, 1.165) is 16.9 Å². The number of hydrogen-bond donors (Lipinski definition) is 2. The first-order chi connectivity index (χ1) is 14.2. The molecule has 9 heteroatoms. The molecule has 1 aromatic heterocycles. The Hall–Kier alpha value is -2.68. The van der Waals surface area contributed by atoms with Crippen molar-refractivity contribution in [3.05, 3.63) is 65.4 Å². The lowest BCUT2D eigenvalue weighted by Crippen LogP contribution is -2.25. The second-order valence-corrected chi connectivity index (χ2v) is 10.1. The highest BCUT2D eigenvalue weighted by Crippen LogP contribution is 2.44. The molecular weight excluding hydrogens is 422 g/mol. The van der Waals surface area contributed by atoms with Gasteiger partial charge in [0.05, 0.1) is 4.90 Å². The largest absolute Gasteiger partial charge is 0.340 e. The Kier molecular flexibility index (Phi) is 5.17. The molecule has 0 radical (unpaired) electrons. The van der Waals surface area contributed by atoms with E-state index in [0.29, 0.717) is 23.2 Å². The summed E-state index contributed by atoms with van der Waals surface area (Å²) in [6.07, 6.45) is 1.49. The van der Waals surface area contributed by atoms with Crippen LogP contribution in [0, 0.1) is 0 Å². The van der Waals surface area contributed by atoms with Gasteiger partial charge in [-0.05, 0) is 49.0 Å². The molecule has 2 aromatic carbocycles. The molecule has 0 bridgehead atoms. The Morgan fingerprint density at radius 2 is 1.80 bits per heavy atom. The molecule has 2 N–H and O–H groups in total. The lowest BCUT2D eigenvalue weighted by Gasteiger charge is -2.22. The van der Waals surface area contributed by atoms with Gasteiger partial charge < -0.3 is 10.2 Å². The fourth-order valence-electron chi connectivity index (χ4n) is 3.61. The molecule has 3 aromatic rings. The summed E-state index contributed by atoms with van der Waals surface area (Å²) in [5.74, 6) is 1.32. The highest BCUT2D eigenvalue weighted by molar-refractivity contribution is 7.89. The van der Waals surface area contributed by atoms with Gasteiger partial charge in [0.25, 0.3) is 0 Å². The Balaban J connectivity index is 1.72. The lowest BCUT2D eigenvalue weighted by atomic mass is 9.87. The van der Waals surface area contributed by atoms with Crippen molar-refractivity contribution in [3.8, 4) is 0 Å². The van der Waals surface area contributed by atoms with Gasteiger partial charge >= 0.3 is 0 Å². The van der Waals surface area contributed by atoms with Gasteiger partial charge in [0.1, 0.15) is 18.0 Å². The first kappa shape index (κ1) is 20.6. The van der Waals surface area contributed by atoms with Crippen molar-refractivity contribution in [3.63, 3.8) is 0 Å². The van der Waals surface area contributed by atoms with E-state index in [1.165, 1.54) is 13.4 Å². The maximum atomic E-state index is 12.3. The number of rotatable bonds is 5. The molecule has 1 aliphatic rings. The number of nitrogens with one attached hydrogen (secondary N) is 2. The van der Waals surface area contributed by atoms with E-state index in [1.54, 1.807) is 24.3 Å². The molecular formula is C21H22ClN5O2S. The summed E-state index contributed by atoms with van der Waals surface area (Å²) in [7, 11) is -2.14. The summed E-state index contributed by atoms with van der Waals surface area (Å²) in [6, 6.07) is 14.4. The van der Waals surface area contributed by atoms with E-state index in [2.05, 4.69) is 33.9 Å². The van der Waals surface area contributed by atoms with Crippen molar-refractivity contribution in [1.29, 1.82) is 0 Å². The van der Waals surface area contributed by atoms with Gasteiger partial charge in [-0.2, -0.15) is 0 Å². The van der Waals surface area contributed by atoms with E-state index < -0.39 is 10.0 Å². The van der Waals surface area contributed by atoms with E-state index in [1.807, 2.05) is 29.2 Å². The second kappa shape index (κ2) is 7.54. The molecule has 0 unspecified atom stereocenters. The number of benzene rings is 2. The number of hydrogen-bond acceptors (Lipinski definition) is 6. The maximum absolute atomic E-state index is 12.3. The third-order valence-electron chi connectivity index (χ3n) is 5.17. The predicted molar refractivity (Wildman–Crippen MR) is 119 cm³/mol. The van der Waals surface area contributed by atoms with E-state index in [-0.39, 0.29) is 10.3 Å². The van der Waals surface area contributed by atoms with Crippen LogP contribution < -0.4 is 14.9 Å². The van der Waals surface area contributed by atoms with Gasteiger partial charge in [0.15, 0.2) is 0 Å². The monoisotopic (exact) mass is 443 g/mol. The van der Waals surface area contributed by atoms with Crippen LogP contribution in [0.4, 0.5) is 23.0 Å². The third-order valence-corrected chi connectivity index (χ3v) is 6.83. The van der Waals surface area contributed by atoms with Crippen molar-refractivity contribution < 1.29 is 8.42 Å². The maximum Gasteiger partial charge on any atom is 0.240 e. The van der Waals surface area contributed by atoms with Gasteiger partial charge in [-0.25, -0.2) is 23.1 Å². The number of sulfonamides is 1. The van der Waals surface area contributed by atoms with Crippen LogP contribution in [0.25, 0.3) is 0 Å². The first-order valence-corrected chi connectivity index (χ1v) is 11.3. The van der Waals surface area contributed by atoms with Crippen molar-refractivity contribution in [2.75, 3.05) is 23.8 Å². The highest BCUT2D eigenvalue weighted by Gasteiger charge is 2.37. The van der Waals surface area contributed by atoms with Gasteiger partial charge in [-0.15, -0.1) is 0 Å². The van der Waals surface area contributed by atoms with Crippen LogP contribution >= 0.6 is 11.6 Å². The summed E-state index contributed by atoms with van der Waals surface area (Å²) in [5.41, 5.74) is 2.59. The Labute approximate surface area is 181 Å². The zero-order chi connectivity index (χ0) is 21.5. The van der Waals surface area contributed by atoms with Crippen molar-refractivity contribution in [2.45, 2.75) is 24.2 Å². The van der Waals surface area contributed by atoms with Crippen LogP contribution in [0.5, 0.6) is 0 Å².